The van der Waals surface area contributed by atoms with Gasteiger partial charge in [0.05, 0.1) is 0 Å². The second-order valence-electron chi connectivity index (χ2n) is 16.1. The molecule has 0 aliphatic heterocycles. The van der Waals surface area contributed by atoms with Crippen LogP contribution in [-0.4, -0.2) is 0 Å². The van der Waals surface area contributed by atoms with E-state index in [1.54, 1.807) is 27.8 Å². The summed E-state index contributed by atoms with van der Waals surface area (Å²) in [4.78, 5) is 2.40. The zero-order valence-corrected chi connectivity index (χ0v) is 32.8. The predicted octanol–water partition coefficient (Wildman–Crippen LogP) is 15.5. The van der Waals surface area contributed by atoms with E-state index in [1.807, 2.05) is 12.1 Å². The number of hydrogen-bond acceptors (Lipinski definition) is 2. The summed E-state index contributed by atoms with van der Waals surface area (Å²) >= 11 is 0. The smallest absolute Gasteiger partial charge is 0.136 e. The topological polar surface area (TPSA) is 16.4 Å². The van der Waals surface area contributed by atoms with E-state index in [-0.39, 0.29) is 0 Å². The molecule has 2 heteroatoms. The van der Waals surface area contributed by atoms with Gasteiger partial charge in [-0.25, -0.2) is 0 Å². The summed E-state index contributed by atoms with van der Waals surface area (Å²) in [6, 6.07) is 64.2. The monoisotopic (exact) mass is 747 g/mol. The Balaban J connectivity index is 0.995. The highest BCUT2D eigenvalue weighted by Crippen LogP contribution is 2.47. The maximum atomic E-state index is 6.25. The van der Waals surface area contributed by atoms with Crippen LogP contribution in [0.5, 0.6) is 0 Å². The molecule has 0 N–H and O–H groups in total. The third-order valence-corrected chi connectivity index (χ3v) is 12.7. The summed E-state index contributed by atoms with van der Waals surface area (Å²) in [5.74, 6) is 0. The Morgan fingerprint density at radius 2 is 0.690 bits per heavy atom. The van der Waals surface area contributed by atoms with E-state index in [9.17, 15) is 0 Å². The Bertz CT molecular complexity index is 2870. The number of furan rings is 1. The number of hydrogen-bond donors (Lipinski definition) is 0. The van der Waals surface area contributed by atoms with Crippen molar-refractivity contribution in [3.63, 3.8) is 0 Å². The molecule has 2 aliphatic carbocycles. The molecule has 9 aromatic rings. The number of benzene rings is 8. The van der Waals surface area contributed by atoms with Gasteiger partial charge in [-0.3, -0.25) is 0 Å². The summed E-state index contributed by atoms with van der Waals surface area (Å²) in [6.45, 7) is 0. The van der Waals surface area contributed by atoms with Gasteiger partial charge in [-0.15, -0.1) is 0 Å². The molecule has 8 aromatic carbocycles. The van der Waals surface area contributed by atoms with Crippen LogP contribution in [-0.2, 0) is 25.7 Å². The number of para-hydroxylation sites is 1. The van der Waals surface area contributed by atoms with Gasteiger partial charge in [0.25, 0.3) is 0 Å². The van der Waals surface area contributed by atoms with Crippen molar-refractivity contribution in [1.29, 1.82) is 0 Å². The van der Waals surface area contributed by atoms with Gasteiger partial charge in [0, 0.05) is 27.8 Å². The molecule has 280 valence electrons. The maximum Gasteiger partial charge on any atom is 0.136 e. The van der Waals surface area contributed by atoms with Crippen molar-refractivity contribution >= 4 is 39.0 Å². The Morgan fingerprint density at radius 3 is 1.22 bits per heavy atom. The Hall–Kier alpha value is -6.64. The van der Waals surface area contributed by atoms with E-state index >= 15 is 0 Å². The predicted molar refractivity (Wildman–Crippen MR) is 243 cm³/mol. The fourth-order valence-corrected chi connectivity index (χ4v) is 9.95. The molecule has 0 fully saturated rings. The highest BCUT2D eigenvalue weighted by molar-refractivity contribution is 6.06. The van der Waals surface area contributed by atoms with Crippen molar-refractivity contribution in [3.8, 4) is 44.5 Å². The van der Waals surface area contributed by atoms with Crippen molar-refractivity contribution in [2.24, 2.45) is 0 Å². The van der Waals surface area contributed by atoms with Gasteiger partial charge in [0.1, 0.15) is 11.2 Å². The zero-order chi connectivity index (χ0) is 38.4. The van der Waals surface area contributed by atoms with E-state index in [1.165, 1.54) is 66.3 Å². The number of rotatable bonds is 7. The third-order valence-electron chi connectivity index (χ3n) is 12.7. The fourth-order valence-electron chi connectivity index (χ4n) is 9.95. The molecule has 1 heterocycles. The molecular weight excluding hydrogens is 703 g/mol. The van der Waals surface area contributed by atoms with Gasteiger partial charge < -0.3 is 9.32 Å². The lowest BCUT2D eigenvalue weighted by atomic mass is 9.73. The minimum atomic E-state index is 0.917. The molecule has 0 saturated heterocycles. The molecule has 0 bridgehead atoms. The van der Waals surface area contributed by atoms with Crippen LogP contribution >= 0.6 is 0 Å². The van der Waals surface area contributed by atoms with Crippen LogP contribution in [0.25, 0.3) is 66.4 Å². The Morgan fingerprint density at radius 1 is 0.310 bits per heavy atom. The van der Waals surface area contributed by atoms with E-state index in [0.717, 1.165) is 63.0 Å². The SMILES string of the molecule is c1ccc(-c2ccc(N(c3ccc(-c4ccc5c(c4)oc4ccccc45)cc3)c3ccc(-c4c5c(c(-c6ccccc6)c6c4CCCC6)CCCC5)cc3)cc2)cc1. The number of anilines is 3. The summed E-state index contributed by atoms with van der Waals surface area (Å²) in [6.07, 6.45) is 9.74. The van der Waals surface area contributed by atoms with Gasteiger partial charge in [-0.2, -0.15) is 0 Å². The van der Waals surface area contributed by atoms with Crippen LogP contribution in [0.2, 0.25) is 0 Å². The van der Waals surface area contributed by atoms with Crippen molar-refractivity contribution in [2.75, 3.05) is 4.90 Å². The first-order chi connectivity index (χ1) is 28.8. The first-order valence-corrected chi connectivity index (χ1v) is 21.1. The second-order valence-corrected chi connectivity index (χ2v) is 16.1. The van der Waals surface area contributed by atoms with Crippen LogP contribution < -0.4 is 4.90 Å². The summed E-state index contributed by atoms with van der Waals surface area (Å²) in [5, 5.41) is 2.31. The first-order valence-electron chi connectivity index (χ1n) is 21.1. The van der Waals surface area contributed by atoms with Crippen LogP contribution in [0.15, 0.2) is 180 Å². The number of nitrogens with zero attached hydrogens (tertiary/aromatic N) is 1. The lowest BCUT2D eigenvalue weighted by Crippen LogP contribution is -2.15. The lowest BCUT2D eigenvalue weighted by molar-refractivity contribution is 0.662. The highest BCUT2D eigenvalue weighted by Gasteiger charge is 2.28. The third kappa shape index (κ3) is 6.12. The second kappa shape index (κ2) is 14.7. The van der Waals surface area contributed by atoms with Crippen LogP contribution in [0, 0.1) is 0 Å². The normalized spacial score (nSPS) is 13.7. The molecule has 2 nitrogen and oxygen atoms in total. The molecule has 0 spiro atoms. The first kappa shape index (κ1) is 34.6. The molecule has 0 unspecified atom stereocenters. The highest BCUT2D eigenvalue weighted by atomic mass is 16.3. The minimum Gasteiger partial charge on any atom is -0.456 e. The van der Waals surface area contributed by atoms with Crippen molar-refractivity contribution in [1.82, 2.24) is 0 Å². The molecular formula is C56H45NO. The minimum absolute atomic E-state index is 0.917. The Labute approximate surface area is 341 Å². The van der Waals surface area contributed by atoms with Gasteiger partial charge in [-0.1, -0.05) is 121 Å². The zero-order valence-electron chi connectivity index (χ0n) is 32.8. The molecule has 2 aliphatic rings. The maximum absolute atomic E-state index is 6.25. The largest absolute Gasteiger partial charge is 0.456 e. The Kier molecular flexibility index (Phi) is 8.77. The van der Waals surface area contributed by atoms with Crippen molar-refractivity contribution < 1.29 is 4.42 Å². The average molecular weight is 748 g/mol. The average Bonchev–Trinajstić information content (AvgIpc) is 3.68. The van der Waals surface area contributed by atoms with Crippen molar-refractivity contribution in [2.45, 2.75) is 51.4 Å². The quantitative estimate of drug-likeness (QED) is 0.161. The summed E-state index contributed by atoms with van der Waals surface area (Å²) < 4.78 is 6.25. The van der Waals surface area contributed by atoms with Gasteiger partial charge >= 0.3 is 0 Å². The molecule has 0 amide bonds. The van der Waals surface area contributed by atoms with Crippen LogP contribution in [0.1, 0.15) is 47.9 Å². The van der Waals surface area contributed by atoms with Crippen LogP contribution in [0.4, 0.5) is 17.1 Å². The van der Waals surface area contributed by atoms with Gasteiger partial charge in [0.2, 0.25) is 0 Å². The molecule has 1 aromatic heterocycles. The summed E-state index contributed by atoms with van der Waals surface area (Å²) in [7, 11) is 0. The van der Waals surface area contributed by atoms with E-state index in [0.29, 0.717) is 0 Å². The van der Waals surface area contributed by atoms with E-state index in [4.69, 9.17) is 4.42 Å². The molecule has 0 atom stereocenters. The standard InChI is InChI=1S/C56H45NO/c1-3-13-38(14-4-1)39-23-30-44(31-24-39)57(45-32-25-40(26-33-45)43-29-36-48-47-17-11-12-22-53(47)58-54(48)37-43)46-34-27-42(28-35-46)56-51-20-9-7-18-49(51)55(41-15-5-2-6-16-41)50-19-8-10-21-52(50)56/h1-6,11-17,22-37H,7-10,18-21H2. The van der Waals surface area contributed by atoms with Gasteiger partial charge in [0.15, 0.2) is 0 Å². The molecule has 58 heavy (non-hydrogen) atoms. The van der Waals surface area contributed by atoms with E-state index < -0.39 is 0 Å². The summed E-state index contributed by atoms with van der Waals surface area (Å²) in [5.41, 5.74) is 22.2. The molecule has 11 rings (SSSR count). The molecule has 0 saturated carbocycles. The lowest BCUT2D eigenvalue weighted by Gasteiger charge is -2.32. The van der Waals surface area contributed by atoms with Gasteiger partial charge in [-0.05, 0) is 173 Å². The van der Waals surface area contributed by atoms with Crippen LogP contribution in [0.3, 0.4) is 0 Å². The molecule has 0 radical (unpaired) electrons. The fraction of sp³-hybridized carbons (Fsp3) is 0.143. The van der Waals surface area contributed by atoms with Crippen molar-refractivity contribution in [3.05, 3.63) is 198 Å². The van der Waals surface area contributed by atoms with E-state index in [2.05, 4.69) is 169 Å². The number of fused-ring (bicyclic) bond motifs is 5.